The fourth-order valence-corrected chi connectivity index (χ4v) is 5.12. The molecule has 1 saturated heterocycles. The number of nitrogens with zero attached hydrogens (tertiary/aromatic N) is 6. The Morgan fingerprint density at radius 1 is 1.15 bits per heavy atom. The third-order valence-corrected chi connectivity index (χ3v) is 7.12. The van der Waals surface area contributed by atoms with E-state index in [1.807, 2.05) is 6.07 Å². The van der Waals surface area contributed by atoms with Crippen molar-refractivity contribution in [2.75, 3.05) is 36.5 Å². The van der Waals surface area contributed by atoms with E-state index >= 15 is 0 Å². The number of carbonyl (C=O) groups excluding carboxylic acids is 1. The molecule has 0 bridgehead atoms. The summed E-state index contributed by atoms with van der Waals surface area (Å²) in [6.07, 6.45) is 12.0. The Labute approximate surface area is 197 Å². The molecule has 0 spiro atoms. The monoisotopic (exact) mass is 459 g/mol. The van der Waals surface area contributed by atoms with Crippen LogP contribution in [0.1, 0.15) is 49.0 Å². The SMILES string of the molecule is C[C@H]1CC[C@H](n2cc3cc(NC(=O)c4cnn5cccnc45)c(N4CCOCC4)cc3n2)CC1. The predicted octanol–water partition coefficient (Wildman–Crippen LogP) is 3.92. The molecule has 1 N–H and O–H groups in total. The maximum Gasteiger partial charge on any atom is 0.261 e. The van der Waals surface area contributed by atoms with Gasteiger partial charge >= 0.3 is 0 Å². The minimum atomic E-state index is -0.226. The summed E-state index contributed by atoms with van der Waals surface area (Å²) in [7, 11) is 0. The summed E-state index contributed by atoms with van der Waals surface area (Å²) in [5.74, 6) is 0.571. The molecule has 1 aromatic carbocycles. The lowest BCUT2D eigenvalue weighted by Crippen LogP contribution is -2.36. The number of ether oxygens (including phenoxy) is 1. The van der Waals surface area contributed by atoms with Gasteiger partial charge in [-0.05, 0) is 49.8 Å². The Morgan fingerprint density at radius 3 is 2.79 bits per heavy atom. The van der Waals surface area contributed by atoms with E-state index in [-0.39, 0.29) is 5.91 Å². The molecule has 1 aliphatic heterocycles. The minimum absolute atomic E-state index is 0.226. The van der Waals surface area contributed by atoms with Crippen LogP contribution in [0.2, 0.25) is 0 Å². The predicted molar refractivity (Wildman–Crippen MR) is 130 cm³/mol. The van der Waals surface area contributed by atoms with Crippen LogP contribution in [0.25, 0.3) is 16.6 Å². The summed E-state index contributed by atoms with van der Waals surface area (Å²) in [5, 5.41) is 13.4. The van der Waals surface area contributed by atoms with Gasteiger partial charge in [-0.15, -0.1) is 0 Å². The smallest absolute Gasteiger partial charge is 0.261 e. The normalized spacial score (nSPS) is 21.3. The fourth-order valence-electron chi connectivity index (χ4n) is 5.12. The number of carbonyl (C=O) groups is 1. The van der Waals surface area contributed by atoms with Crippen molar-refractivity contribution in [2.45, 2.75) is 38.6 Å². The first-order valence-corrected chi connectivity index (χ1v) is 12.1. The van der Waals surface area contributed by atoms with E-state index in [1.54, 1.807) is 29.2 Å². The summed E-state index contributed by atoms with van der Waals surface area (Å²) in [6, 6.07) is 6.38. The minimum Gasteiger partial charge on any atom is -0.378 e. The summed E-state index contributed by atoms with van der Waals surface area (Å²) in [4.78, 5) is 19.9. The number of anilines is 2. The number of aromatic nitrogens is 5. The van der Waals surface area contributed by atoms with E-state index in [2.05, 4.69) is 44.2 Å². The van der Waals surface area contributed by atoms with Crippen molar-refractivity contribution in [3.05, 3.63) is 48.5 Å². The van der Waals surface area contributed by atoms with Crippen LogP contribution < -0.4 is 10.2 Å². The topological polar surface area (TPSA) is 89.6 Å². The zero-order valence-corrected chi connectivity index (χ0v) is 19.4. The van der Waals surface area contributed by atoms with Crippen LogP contribution in [0, 0.1) is 5.92 Å². The number of hydrogen-bond donors (Lipinski definition) is 1. The van der Waals surface area contributed by atoms with Crippen molar-refractivity contribution in [3.63, 3.8) is 0 Å². The van der Waals surface area contributed by atoms with Crippen molar-refractivity contribution in [2.24, 2.45) is 5.92 Å². The quantitative estimate of drug-likeness (QED) is 0.498. The molecule has 0 unspecified atom stereocenters. The third kappa shape index (κ3) is 3.90. The Hall–Kier alpha value is -3.46. The molecule has 4 heterocycles. The maximum atomic E-state index is 13.3. The van der Waals surface area contributed by atoms with E-state index in [1.165, 1.54) is 12.8 Å². The van der Waals surface area contributed by atoms with Crippen LogP contribution in [0.15, 0.2) is 43.0 Å². The molecule has 34 heavy (non-hydrogen) atoms. The van der Waals surface area contributed by atoms with Crippen LogP contribution >= 0.6 is 0 Å². The Balaban J connectivity index is 1.36. The van der Waals surface area contributed by atoms with Gasteiger partial charge in [-0.1, -0.05) is 6.92 Å². The highest BCUT2D eigenvalue weighted by Crippen LogP contribution is 2.35. The summed E-state index contributed by atoms with van der Waals surface area (Å²) >= 11 is 0. The number of amides is 1. The summed E-state index contributed by atoms with van der Waals surface area (Å²) in [6.45, 7) is 5.21. The molecule has 2 fully saturated rings. The van der Waals surface area contributed by atoms with Gasteiger partial charge in [-0.3, -0.25) is 9.48 Å². The van der Waals surface area contributed by atoms with Gasteiger partial charge in [-0.2, -0.15) is 10.2 Å². The number of hydrogen-bond acceptors (Lipinski definition) is 6. The average Bonchev–Trinajstić information content (AvgIpc) is 3.48. The second-order valence-electron chi connectivity index (χ2n) is 9.45. The molecule has 3 aromatic heterocycles. The number of morpholine rings is 1. The molecule has 4 aromatic rings. The fraction of sp³-hybridized carbons (Fsp3) is 0.440. The highest BCUT2D eigenvalue weighted by molar-refractivity contribution is 6.10. The molecule has 0 atom stereocenters. The highest BCUT2D eigenvalue weighted by Gasteiger charge is 2.23. The third-order valence-electron chi connectivity index (χ3n) is 7.12. The molecular weight excluding hydrogens is 430 g/mol. The van der Waals surface area contributed by atoms with Crippen LogP contribution in [0.5, 0.6) is 0 Å². The van der Waals surface area contributed by atoms with Crippen molar-refractivity contribution < 1.29 is 9.53 Å². The number of nitrogens with one attached hydrogen (secondary N) is 1. The molecule has 9 nitrogen and oxygen atoms in total. The van der Waals surface area contributed by atoms with Crippen molar-refractivity contribution in [3.8, 4) is 0 Å². The Bertz CT molecular complexity index is 1330. The van der Waals surface area contributed by atoms with Crippen molar-refractivity contribution in [1.82, 2.24) is 24.4 Å². The van der Waals surface area contributed by atoms with Gasteiger partial charge in [0.05, 0.1) is 42.3 Å². The summed E-state index contributed by atoms with van der Waals surface area (Å²) in [5.41, 5.74) is 3.67. The Morgan fingerprint density at radius 2 is 1.97 bits per heavy atom. The van der Waals surface area contributed by atoms with Crippen LogP contribution in [-0.2, 0) is 4.74 Å². The van der Waals surface area contributed by atoms with E-state index in [4.69, 9.17) is 9.84 Å². The van der Waals surface area contributed by atoms with E-state index in [0.29, 0.717) is 30.5 Å². The first-order chi connectivity index (χ1) is 16.7. The van der Waals surface area contributed by atoms with Gasteiger partial charge in [-0.25, -0.2) is 9.50 Å². The van der Waals surface area contributed by atoms with Crippen molar-refractivity contribution in [1.29, 1.82) is 0 Å². The van der Waals surface area contributed by atoms with E-state index in [9.17, 15) is 4.79 Å². The number of benzene rings is 1. The maximum absolute atomic E-state index is 13.3. The zero-order valence-electron chi connectivity index (χ0n) is 19.4. The zero-order chi connectivity index (χ0) is 23.1. The van der Waals surface area contributed by atoms with Crippen LogP contribution in [0.3, 0.4) is 0 Å². The highest BCUT2D eigenvalue weighted by atomic mass is 16.5. The molecule has 1 amide bonds. The second kappa shape index (κ2) is 8.72. The molecule has 1 aliphatic carbocycles. The number of fused-ring (bicyclic) bond motifs is 2. The molecular formula is C25H29N7O2. The lowest BCUT2D eigenvalue weighted by molar-refractivity contribution is 0.102. The second-order valence-corrected chi connectivity index (χ2v) is 9.45. The Kier molecular flexibility index (Phi) is 5.41. The van der Waals surface area contributed by atoms with Gasteiger partial charge in [0, 0.05) is 37.1 Å². The van der Waals surface area contributed by atoms with Crippen LogP contribution in [-0.4, -0.2) is 56.6 Å². The van der Waals surface area contributed by atoms with Gasteiger partial charge in [0.1, 0.15) is 5.56 Å². The van der Waals surface area contributed by atoms with Gasteiger partial charge in [0.15, 0.2) is 5.65 Å². The number of rotatable bonds is 4. The molecule has 176 valence electrons. The summed E-state index contributed by atoms with van der Waals surface area (Å²) < 4.78 is 9.31. The average molecular weight is 460 g/mol. The van der Waals surface area contributed by atoms with Crippen LogP contribution in [0.4, 0.5) is 11.4 Å². The van der Waals surface area contributed by atoms with Gasteiger partial charge in [0.2, 0.25) is 0 Å². The molecule has 2 aliphatic rings. The standard InChI is InChI=1S/C25H29N7O2/c1-17-3-5-19(6-4-17)32-16-18-13-22(23(14-21(18)29-32)30-9-11-34-12-10-30)28-25(33)20-15-27-31-8-2-7-26-24(20)31/h2,7-8,13-17,19H,3-6,9-12H2,1H3,(H,28,33)/t17-,19-. The first kappa shape index (κ1) is 21.1. The first-order valence-electron chi connectivity index (χ1n) is 12.1. The van der Waals surface area contributed by atoms with E-state index < -0.39 is 0 Å². The van der Waals surface area contributed by atoms with Gasteiger partial charge < -0.3 is 15.0 Å². The van der Waals surface area contributed by atoms with Gasteiger partial charge in [0.25, 0.3) is 5.91 Å². The molecule has 9 heteroatoms. The molecule has 0 radical (unpaired) electrons. The molecule has 6 rings (SSSR count). The van der Waals surface area contributed by atoms with Crippen molar-refractivity contribution >= 4 is 33.8 Å². The lowest BCUT2D eigenvalue weighted by atomic mass is 9.87. The lowest BCUT2D eigenvalue weighted by Gasteiger charge is -2.30. The largest absolute Gasteiger partial charge is 0.378 e. The molecule has 1 saturated carbocycles. The van der Waals surface area contributed by atoms with E-state index in [0.717, 1.165) is 54.1 Å².